The molecule has 0 aliphatic carbocycles. The van der Waals surface area contributed by atoms with Crippen molar-refractivity contribution in [1.29, 1.82) is 0 Å². The SMILES string of the molecule is Cn1ccc2cc(B3OC(C)(C)C(C)(C)O3)ccc2c1=O. The molecular formula is C16H20BNO3. The van der Waals surface area contributed by atoms with Crippen LogP contribution < -0.4 is 11.0 Å². The molecule has 0 saturated carbocycles. The third kappa shape index (κ3) is 2.21. The molecule has 0 unspecified atom stereocenters. The van der Waals surface area contributed by atoms with Gasteiger partial charge in [-0.3, -0.25) is 4.79 Å². The monoisotopic (exact) mass is 285 g/mol. The number of aromatic nitrogens is 1. The molecule has 1 aromatic heterocycles. The number of nitrogens with zero attached hydrogens (tertiary/aromatic N) is 1. The van der Waals surface area contributed by atoms with Crippen LogP contribution in [0, 0.1) is 0 Å². The van der Waals surface area contributed by atoms with Crippen molar-refractivity contribution in [3.8, 4) is 0 Å². The van der Waals surface area contributed by atoms with Gasteiger partial charge >= 0.3 is 7.12 Å². The van der Waals surface area contributed by atoms with E-state index in [4.69, 9.17) is 9.31 Å². The van der Waals surface area contributed by atoms with Gasteiger partial charge in [0.1, 0.15) is 0 Å². The van der Waals surface area contributed by atoms with Gasteiger partial charge in [-0.15, -0.1) is 0 Å². The maximum absolute atomic E-state index is 12.1. The summed E-state index contributed by atoms with van der Waals surface area (Å²) in [5.41, 5.74) is 0.223. The second kappa shape index (κ2) is 4.45. The highest BCUT2D eigenvalue weighted by Gasteiger charge is 2.51. The van der Waals surface area contributed by atoms with Gasteiger partial charge in [0.05, 0.1) is 11.2 Å². The Morgan fingerprint density at radius 1 is 1.05 bits per heavy atom. The maximum Gasteiger partial charge on any atom is 0.494 e. The van der Waals surface area contributed by atoms with Crippen LogP contribution in [0.1, 0.15) is 27.7 Å². The van der Waals surface area contributed by atoms with Gasteiger partial charge < -0.3 is 13.9 Å². The lowest BCUT2D eigenvalue weighted by Gasteiger charge is -2.32. The van der Waals surface area contributed by atoms with E-state index in [2.05, 4.69) is 0 Å². The summed E-state index contributed by atoms with van der Waals surface area (Å²) in [6.07, 6.45) is 1.78. The number of aryl methyl sites for hydroxylation is 1. The van der Waals surface area contributed by atoms with E-state index in [1.165, 1.54) is 0 Å². The fourth-order valence-corrected chi connectivity index (χ4v) is 2.49. The maximum atomic E-state index is 12.1. The molecule has 0 spiro atoms. The Balaban J connectivity index is 2.04. The molecule has 1 fully saturated rings. The Morgan fingerprint density at radius 2 is 1.67 bits per heavy atom. The molecule has 0 radical (unpaired) electrons. The van der Waals surface area contributed by atoms with Gasteiger partial charge in [0.15, 0.2) is 0 Å². The lowest BCUT2D eigenvalue weighted by atomic mass is 9.78. The van der Waals surface area contributed by atoms with E-state index >= 15 is 0 Å². The van der Waals surface area contributed by atoms with E-state index < -0.39 is 7.12 Å². The van der Waals surface area contributed by atoms with E-state index in [0.29, 0.717) is 5.39 Å². The molecule has 1 saturated heterocycles. The van der Waals surface area contributed by atoms with Gasteiger partial charge in [-0.05, 0) is 50.7 Å². The molecule has 2 aromatic rings. The number of rotatable bonds is 1. The van der Waals surface area contributed by atoms with Crippen LogP contribution >= 0.6 is 0 Å². The van der Waals surface area contributed by atoms with Gasteiger partial charge in [-0.25, -0.2) is 0 Å². The summed E-state index contributed by atoms with van der Waals surface area (Å²) in [5, 5.41) is 1.62. The summed E-state index contributed by atoms with van der Waals surface area (Å²) >= 11 is 0. The van der Waals surface area contributed by atoms with Crippen LogP contribution in [0.3, 0.4) is 0 Å². The molecule has 3 rings (SSSR count). The zero-order valence-electron chi connectivity index (χ0n) is 13.1. The van der Waals surface area contributed by atoms with Crippen LogP contribution in [0.2, 0.25) is 0 Å². The second-order valence-corrected chi connectivity index (χ2v) is 6.67. The van der Waals surface area contributed by atoms with Crippen molar-refractivity contribution < 1.29 is 9.31 Å². The lowest BCUT2D eigenvalue weighted by Crippen LogP contribution is -2.41. The first-order valence-corrected chi connectivity index (χ1v) is 7.16. The highest BCUT2D eigenvalue weighted by Crippen LogP contribution is 2.36. The van der Waals surface area contributed by atoms with Gasteiger partial charge in [-0.2, -0.15) is 0 Å². The van der Waals surface area contributed by atoms with E-state index in [1.807, 2.05) is 52.0 Å². The Hall–Kier alpha value is -1.59. The fourth-order valence-electron chi connectivity index (χ4n) is 2.49. The highest BCUT2D eigenvalue weighted by molar-refractivity contribution is 6.62. The predicted molar refractivity (Wildman–Crippen MR) is 84.9 cm³/mol. The van der Waals surface area contributed by atoms with Crippen LogP contribution in [0.4, 0.5) is 0 Å². The molecule has 0 N–H and O–H groups in total. The summed E-state index contributed by atoms with van der Waals surface area (Å²) < 4.78 is 13.7. The highest BCUT2D eigenvalue weighted by atomic mass is 16.7. The van der Waals surface area contributed by atoms with Gasteiger partial charge in [-0.1, -0.05) is 12.1 Å². The third-order valence-corrected chi connectivity index (χ3v) is 4.63. The van der Waals surface area contributed by atoms with Crippen molar-refractivity contribution in [2.75, 3.05) is 0 Å². The molecular weight excluding hydrogens is 265 g/mol. The van der Waals surface area contributed by atoms with Crippen LogP contribution in [-0.2, 0) is 16.4 Å². The van der Waals surface area contributed by atoms with Crippen LogP contribution in [0.5, 0.6) is 0 Å². The number of hydrogen-bond donors (Lipinski definition) is 0. The Bertz CT molecular complexity index is 748. The van der Waals surface area contributed by atoms with Crippen molar-refractivity contribution in [1.82, 2.24) is 4.57 Å². The quantitative estimate of drug-likeness (QED) is 0.751. The number of fused-ring (bicyclic) bond motifs is 1. The van der Waals surface area contributed by atoms with Crippen LogP contribution in [0.15, 0.2) is 35.3 Å². The molecule has 2 heterocycles. The van der Waals surface area contributed by atoms with Crippen molar-refractivity contribution >= 4 is 23.4 Å². The first-order valence-electron chi connectivity index (χ1n) is 7.16. The van der Waals surface area contributed by atoms with E-state index in [0.717, 1.165) is 10.8 Å². The molecule has 4 nitrogen and oxygen atoms in total. The van der Waals surface area contributed by atoms with E-state index in [-0.39, 0.29) is 16.8 Å². The molecule has 0 bridgehead atoms. The first kappa shape index (κ1) is 14.4. The summed E-state index contributed by atoms with van der Waals surface area (Å²) in [5.74, 6) is 0. The Kier molecular flexibility index (Phi) is 3.04. The van der Waals surface area contributed by atoms with Crippen molar-refractivity contribution in [3.05, 3.63) is 40.8 Å². The standard InChI is InChI=1S/C16H20BNO3/c1-15(2)16(3,4)21-17(20-15)12-6-7-13-11(10-12)8-9-18(5)14(13)19/h6-10H,1-5H3. The molecule has 5 heteroatoms. The van der Waals surface area contributed by atoms with Crippen LogP contribution in [0.25, 0.3) is 10.8 Å². The zero-order chi connectivity index (χ0) is 15.4. The average Bonchev–Trinajstić information content (AvgIpc) is 2.63. The topological polar surface area (TPSA) is 40.5 Å². The predicted octanol–water partition coefficient (Wildman–Crippen LogP) is 1.84. The second-order valence-electron chi connectivity index (χ2n) is 6.67. The summed E-state index contributed by atoms with van der Waals surface area (Å²) in [6.45, 7) is 8.13. The summed E-state index contributed by atoms with van der Waals surface area (Å²) in [4.78, 5) is 12.1. The minimum Gasteiger partial charge on any atom is -0.399 e. The molecule has 1 aliphatic heterocycles. The number of benzene rings is 1. The summed E-state index contributed by atoms with van der Waals surface area (Å²) in [6, 6.07) is 7.66. The molecule has 0 atom stereocenters. The summed E-state index contributed by atoms with van der Waals surface area (Å²) in [7, 11) is 1.35. The van der Waals surface area contributed by atoms with Crippen molar-refractivity contribution in [2.45, 2.75) is 38.9 Å². The molecule has 0 amide bonds. The third-order valence-electron chi connectivity index (χ3n) is 4.63. The number of pyridine rings is 1. The van der Waals surface area contributed by atoms with Gasteiger partial charge in [0.2, 0.25) is 0 Å². The van der Waals surface area contributed by atoms with Crippen molar-refractivity contribution in [2.24, 2.45) is 7.05 Å². The van der Waals surface area contributed by atoms with Gasteiger partial charge in [0.25, 0.3) is 5.56 Å². The normalized spacial score (nSPS) is 20.1. The molecule has 21 heavy (non-hydrogen) atoms. The minimum absolute atomic E-state index is 0.00738. The Morgan fingerprint density at radius 3 is 2.29 bits per heavy atom. The Labute approximate surface area is 124 Å². The zero-order valence-corrected chi connectivity index (χ0v) is 13.1. The van der Waals surface area contributed by atoms with Crippen LogP contribution in [-0.4, -0.2) is 22.9 Å². The molecule has 1 aliphatic rings. The van der Waals surface area contributed by atoms with Crippen molar-refractivity contribution in [3.63, 3.8) is 0 Å². The largest absolute Gasteiger partial charge is 0.494 e. The van der Waals surface area contributed by atoms with E-state index in [1.54, 1.807) is 17.8 Å². The lowest BCUT2D eigenvalue weighted by molar-refractivity contribution is 0.00578. The minimum atomic E-state index is -0.400. The fraction of sp³-hybridized carbons (Fsp3) is 0.438. The smallest absolute Gasteiger partial charge is 0.399 e. The molecule has 110 valence electrons. The average molecular weight is 285 g/mol. The van der Waals surface area contributed by atoms with E-state index in [9.17, 15) is 4.79 Å². The molecule has 1 aromatic carbocycles. The first-order chi connectivity index (χ1) is 9.71. The number of hydrogen-bond acceptors (Lipinski definition) is 3. The van der Waals surface area contributed by atoms with Gasteiger partial charge in [0, 0.05) is 18.6 Å².